The molecule has 0 unspecified atom stereocenters. The van der Waals surface area contributed by atoms with E-state index in [1.807, 2.05) is 61.5 Å². The molecule has 2 heterocycles. The van der Waals surface area contributed by atoms with Gasteiger partial charge < -0.3 is 10.2 Å². The Morgan fingerprint density at radius 2 is 1.86 bits per heavy atom. The molecule has 1 aromatic heterocycles. The molecule has 0 bridgehead atoms. The van der Waals surface area contributed by atoms with Crippen LogP contribution in [0.1, 0.15) is 45.1 Å². The van der Waals surface area contributed by atoms with Crippen molar-refractivity contribution in [2.75, 3.05) is 6.54 Å². The summed E-state index contributed by atoms with van der Waals surface area (Å²) in [4.78, 5) is 27.3. The fourth-order valence-electron chi connectivity index (χ4n) is 3.41. The van der Waals surface area contributed by atoms with Gasteiger partial charge in [0.1, 0.15) is 5.69 Å². The molecule has 1 N–H and O–H groups in total. The van der Waals surface area contributed by atoms with Gasteiger partial charge in [0.05, 0.1) is 12.6 Å². The number of fused-ring (bicyclic) bond motifs is 1. The van der Waals surface area contributed by atoms with Crippen molar-refractivity contribution in [3.05, 3.63) is 88.2 Å². The standard InChI is InChI=1S/C22H21ClN4O2/c1-15(17-5-3-2-4-6-17)24-21(28)19-13-20-22(29)26(11-12-27(20)25-19)14-16-7-9-18(23)10-8-16/h2-10,13,15H,11-12,14H2,1H3,(H,24,28)/t15-/m1/s1. The number of amides is 2. The van der Waals surface area contributed by atoms with E-state index < -0.39 is 0 Å². The van der Waals surface area contributed by atoms with Crippen LogP contribution >= 0.6 is 11.6 Å². The molecule has 2 amide bonds. The van der Waals surface area contributed by atoms with Crippen LogP contribution in [-0.2, 0) is 13.1 Å². The van der Waals surface area contributed by atoms with E-state index in [2.05, 4.69) is 10.4 Å². The fraction of sp³-hybridized carbons (Fsp3) is 0.227. The zero-order chi connectivity index (χ0) is 20.4. The Kier molecular flexibility index (Phi) is 5.36. The van der Waals surface area contributed by atoms with E-state index in [0.29, 0.717) is 30.4 Å². The lowest BCUT2D eigenvalue weighted by atomic mass is 10.1. The summed E-state index contributed by atoms with van der Waals surface area (Å²) >= 11 is 5.93. The molecule has 0 spiro atoms. The third kappa shape index (κ3) is 4.17. The van der Waals surface area contributed by atoms with E-state index in [-0.39, 0.29) is 23.6 Å². The monoisotopic (exact) mass is 408 g/mol. The summed E-state index contributed by atoms with van der Waals surface area (Å²) in [6, 6.07) is 18.6. The minimum atomic E-state index is -0.291. The van der Waals surface area contributed by atoms with Crippen molar-refractivity contribution in [1.82, 2.24) is 20.0 Å². The van der Waals surface area contributed by atoms with Crippen LogP contribution in [0.4, 0.5) is 0 Å². The van der Waals surface area contributed by atoms with Gasteiger partial charge in [0.2, 0.25) is 0 Å². The Morgan fingerprint density at radius 3 is 2.59 bits per heavy atom. The molecule has 0 fully saturated rings. The Bertz CT molecular complexity index is 1030. The van der Waals surface area contributed by atoms with Gasteiger partial charge in [0.15, 0.2) is 5.69 Å². The van der Waals surface area contributed by atoms with E-state index >= 15 is 0 Å². The Balaban J connectivity index is 1.46. The molecular formula is C22H21ClN4O2. The SMILES string of the molecule is C[C@@H](NC(=O)c1cc2n(n1)CCN(Cc1ccc(Cl)cc1)C2=O)c1ccccc1. The highest BCUT2D eigenvalue weighted by Crippen LogP contribution is 2.19. The first kappa shape index (κ1) is 19.2. The van der Waals surface area contributed by atoms with Gasteiger partial charge in [-0.25, -0.2) is 0 Å². The second-order valence-corrected chi connectivity index (χ2v) is 7.53. The van der Waals surface area contributed by atoms with Crippen molar-refractivity contribution in [3.8, 4) is 0 Å². The minimum Gasteiger partial charge on any atom is -0.344 e. The molecule has 1 aliphatic heterocycles. The number of aromatic nitrogens is 2. The second-order valence-electron chi connectivity index (χ2n) is 7.10. The summed E-state index contributed by atoms with van der Waals surface area (Å²) in [5.41, 5.74) is 2.70. The summed E-state index contributed by atoms with van der Waals surface area (Å²) in [5, 5.41) is 7.95. The van der Waals surface area contributed by atoms with Gasteiger partial charge in [-0.2, -0.15) is 5.10 Å². The normalized spacial score (nSPS) is 14.4. The van der Waals surface area contributed by atoms with Crippen molar-refractivity contribution in [3.63, 3.8) is 0 Å². The van der Waals surface area contributed by atoms with Gasteiger partial charge in [-0.15, -0.1) is 0 Å². The van der Waals surface area contributed by atoms with Gasteiger partial charge in [-0.1, -0.05) is 54.1 Å². The van der Waals surface area contributed by atoms with E-state index in [1.165, 1.54) is 0 Å². The second kappa shape index (κ2) is 8.09. The number of benzene rings is 2. The fourth-order valence-corrected chi connectivity index (χ4v) is 3.53. The van der Waals surface area contributed by atoms with Crippen LogP contribution in [-0.4, -0.2) is 33.0 Å². The molecule has 29 heavy (non-hydrogen) atoms. The zero-order valence-electron chi connectivity index (χ0n) is 16.0. The molecule has 0 saturated heterocycles. The lowest BCUT2D eigenvalue weighted by Gasteiger charge is -2.27. The van der Waals surface area contributed by atoms with Gasteiger partial charge in [-0.3, -0.25) is 14.3 Å². The number of hydrogen-bond acceptors (Lipinski definition) is 3. The average Bonchev–Trinajstić information content (AvgIpc) is 3.18. The highest BCUT2D eigenvalue weighted by atomic mass is 35.5. The number of nitrogens with zero attached hydrogens (tertiary/aromatic N) is 3. The zero-order valence-corrected chi connectivity index (χ0v) is 16.8. The van der Waals surface area contributed by atoms with E-state index in [1.54, 1.807) is 15.6 Å². The number of carbonyl (C=O) groups excluding carboxylic acids is 2. The summed E-state index contributed by atoms with van der Waals surface area (Å²) in [6.07, 6.45) is 0. The van der Waals surface area contributed by atoms with Crippen LogP contribution in [0.15, 0.2) is 60.7 Å². The van der Waals surface area contributed by atoms with E-state index in [4.69, 9.17) is 11.6 Å². The molecule has 0 radical (unpaired) electrons. The van der Waals surface area contributed by atoms with Crippen molar-refractivity contribution < 1.29 is 9.59 Å². The largest absolute Gasteiger partial charge is 0.344 e. The van der Waals surface area contributed by atoms with Crippen molar-refractivity contribution in [2.45, 2.75) is 26.1 Å². The molecular weight excluding hydrogens is 388 g/mol. The van der Waals surface area contributed by atoms with Crippen LogP contribution in [0.2, 0.25) is 5.02 Å². The molecule has 6 nitrogen and oxygen atoms in total. The van der Waals surface area contributed by atoms with Crippen molar-refractivity contribution in [1.29, 1.82) is 0 Å². The third-order valence-electron chi connectivity index (χ3n) is 5.03. The van der Waals surface area contributed by atoms with Gasteiger partial charge in [0.25, 0.3) is 11.8 Å². The average molecular weight is 409 g/mol. The maximum absolute atomic E-state index is 12.9. The van der Waals surface area contributed by atoms with Gasteiger partial charge in [0, 0.05) is 24.2 Å². The quantitative estimate of drug-likeness (QED) is 0.700. The van der Waals surface area contributed by atoms with Crippen LogP contribution < -0.4 is 5.32 Å². The van der Waals surface area contributed by atoms with Gasteiger partial charge in [-0.05, 0) is 30.2 Å². The Hall–Kier alpha value is -3.12. The molecule has 3 aromatic rings. The summed E-state index contributed by atoms with van der Waals surface area (Å²) < 4.78 is 1.61. The maximum atomic E-state index is 12.9. The molecule has 4 rings (SSSR count). The summed E-state index contributed by atoms with van der Waals surface area (Å²) in [5.74, 6) is -0.422. The van der Waals surface area contributed by atoms with Crippen LogP contribution in [0.5, 0.6) is 0 Å². The van der Waals surface area contributed by atoms with E-state index in [0.717, 1.165) is 11.1 Å². The third-order valence-corrected chi connectivity index (χ3v) is 5.29. The molecule has 2 aromatic carbocycles. The first-order chi connectivity index (χ1) is 14.0. The minimum absolute atomic E-state index is 0.131. The first-order valence-electron chi connectivity index (χ1n) is 9.48. The molecule has 7 heteroatoms. The molecule has 0 saturated carbocycles. The molecule has 0 aliphatic carbocycles. The highest BCUT2D eigenvalue weighted by molar-refractivity contribution is 6.30. The number of hydrogen-bond donors (Lipinski definition) is 1. The topological polar surface area (TPSA) is 67.2 Å². The molecule has 148 valence electrons. The lowest BCUT2D eigenvalue weighted by Crippen LogP contribution is -2.39. The first-order valence-corrected chi connectivity index (χ1v) is 9.86. The smallest absolute Gasteiger partial charge is 0.272 e. The van der Waals surface area contributed by atoms with Gasteiger partial charge >= 0.3 is 0 Å². The van der Waals surface area contributed by atoms with E-state index in [9.17, 15) is 9.59 Å². The van der Waals surface area contributed by atoms with Crippen LogP contribution in [0, 0.1) is 0 Å². The Morgan fingerprint density at radius 1 is 1.14 bits per heavy atom. The molecule has 1 atom stereocenters. The highest BCUT2D eigenvalue weighted by Gasteiger charge is 2.28. The van der Waals surface area contributed by atoms with Crippen molar-refractivity contribution in [2.24, 2.45) is 0 Å². The van der Waals surface area contributed by atoms with Crippen LogP contribution in [0.3, 0.4) is 0 Å². The predicted octanol–water partition coefficient (Wildman–Crippen LogP) is 3.68. The van der Waals surface area contributed by atoms with Crippen LogP contribution in [0.25, 0.3) is 0 Å². The number of nitrogens with one attached hydrogen (secondary N) is 1. The maximum Gasteiger partial charge on any atom is 0.272 e. The number of carbonyl (C=O) groups is 2. The Labute approximate surface area is 174 Å². The number of halogens is 1. The predicted molar refractivity (Wildman–Crippen MR) is 111 cm³/mol. The molecule has 1 aliphatic rings. The summed E-state index contributed by atoms with van der Waals surface area (Å²) in [7, 11) is 0. The summed E-state index contributed by atoms with van der Waals surface area (Å²) in [6.45, 7) is 3.50. The lowest BCUT2D eigenvalue weighted by molar-refractivity contribution is 0.0683. The van der Waals surface area contributed by atoms with Crippen molar-refractivity contribution >= 4 is 23.4 Å². The number of rotatable bonds is 5.